The van der Waals surface area contributed by atoms with E-state index in [0.29, 0.717) is 0 Å². The molecule has 0 bridgehead atoms. The molecule has 0 aromatic heterocycles. The summed E-state index contributed by atoms with van der Waals surface area (Å²) in [7, 11) is 2.17. The van der Waals surface area contributed by atoms with Crippen molar-refractivity contribution in [3.63, 3.8) is 0 Å². The van der Waals surface area contributed by atoms with Crippen LogP contribution in [0.4, 0.5) is 0 Å². The maximum atomic E-state index is 11.5. The second kappa shape index (κ2) is 5.48. The van der Waals surface area contributed by atoms with Crippen molar-refractivity contribution < 1.29 is 28.6 Å². The first kappa shape index (κ1) is 14.4. The molecule has 0 aliphatic heterocycles. The van der Waals surface area contributed by atoms with Crippen LogP contribution in [0.1, 0.15) is 20.8 Å². The van der Waals surface area contributed by atoms with Gasteiger partial charge >= 0.3 is 17.9 Å². The van der Waals surface area contributed by atoms with Crippen LogP contribution >= 0.6 is 0 Å². The fourth-order valence-corrected chi connectivity index (χ4v) is 0.690. The lowest BCUT2D eigenvalue weighted by Gasteiger charge is -2.20. The van der Waals surface area contributed by atoms with Gasteiger partial charge in [0, 0.05) is 0 Å². The van der Waals surface area contributed by atoms with Crippen molar-refractivity contribution in [3.05, 3.63) is 0 Å². The Labute approximate surface area is 93.8 Å². The maximum absolute atomic E-state index is 11.5. The van der Waals surface area contributed by atoms with Gasteiger partial charge in [0.2, 0.25) is 0 Å². The van der Waals surface area contributed by atoms with Crippen molar-refractivity contribution >= 4 is 17.9 Å². The van der Waals surface area contributed by atoms with Gasteiger partial charge in [-0.15, -0.1) is 0 Å². The highest BCUT2D eigenvalue weighted by Gasteiger charge is 2.36. The maximum Gasteiger partial charge on any atom is 0.359 e. The predicted molar refractivity (Wildman–Crippen MR) is 53.4 cm³/mol. The van der Waals surface area contributed by atoms with Crippen LogP contribution in [0.25, 0.3) is 0 Å². The van der Waals surface area contributed by atoms with Crippen molar-refractivity contribution in [1.82, 2.24) is 0 Å². The third kappa shape index (κ3) is 3.88. The molecule has 0 rings (SSSR count). The Morgan fingerprint density at radius 1 is 0.938 bits per heavy atom. The van der Waals surface area contributed by atoms with Gasteiger partial charge in [-0.25, -0.2) is 9.59 Å². The average Bonchev–Trinajstić information content (AvgIpc) is 2.21. The van der Waals surface area contributed by atoms with Crippen molar-refractivity contribution in [1.29, 1.82) is 0 Å². The van der Waals surface area contributed by atoms with Gasteiger partial charge in [-0.2, -0.15) is 0 Å². The molecule has 0 N–H and O–H groups in total. The Hall–Kier alpha value is -1.59. The highest BCUT2D eigenvalue weighted by Crippen LogP contribution is 2.17. The molecule has 0 saturated heterocycles. The lowest BCUT2D eigenvalue weighted by atomic mass is 9.97. The molecule has 0 saturated carbocycles. The van der Waals surface area contributed by atoms with Crippen molar-refractivity contribution in [2.24, 2.45) is 5.41 Å². The van der Waals surface area contributed by atoms with Gasteiger partial charge in [0.1, 0.15) is 0 Å². The zero-order valence-corrected chi connectivity index (χ0v) is 10.0. The first-order valence-corrected chi connectivity index (χ1v) is 4.60. The van der Waals surface area contributed by atoms with Crippen molar-refractivity contribution in [2.75, 3.05) is 14.2 Å². The van der Waals surface area contributed by atoms with E-state index in [0.717, 1.165) is 14.2 Å². The molecule has 16 heavy (non-hydrogen) atoms. The first-order chi connectivity index (χ1) is 7.23. The minimum absolute atomic E-state index is 0.687. The lowest BCUT2D eigenvalue weighted by Crippen LogP contribution is -2.39. The Morgan fingerprint density at radius 3 is 1.56 bits per heavy atom. The first-order valence-electron chi connectivity index (χ1n) is 4.60. The second-order valence-electron chi connectivity index (χ2n) is 4.08. The van der Waals surface area contributed by atoms with E-state index in [9.17, 15) is 14.4 Å². The highest BCUT2D eigenvalue weighted by atomic mass is 16.6. The zero-order chi connectivity index (χ0) is 12.9. The number of ether oxygens (including phenoxy) is 3. The Bertz CT molecular complexity index is 272. The van der Waals surface area contributed by atoms with Gasteiger partial charge in [-0.3, -0.25) is 4.79 Å². The molecule has 0 spiro atoms. The largest absolute Gasteiger partial charge is 0.466 e. The SMILES string of the molecule is COC(=O)C(OC(=O)C(C)(C)C)C(=O)OC. The van der Waals surface area contributed by atoms with E-state index < -0.39 is 29.4 Å². The number of carbonyl (C=O) groups excluding carboxylic acids is 3. The molecule has 0 aliphatic carbocycles. The summed E-state index contributed by atoms with van der Waals surface area (Å²) in [5.41, 5.74) is -0.819. The van der Waals surface area contributed by atoms with E-state index in [2.05, 4.69) is 9.47 Å². The normalized spacial score (nSPS) is 10.9. The molecule has 0 aliphatic rings. The van der Waals surface area contributed by atoms with Crippen LogP contribution in [0, 0.1) is 5.41 Å². The summed E-state index contributed by atoms with van der Waals surface area (Å²) in [5.74, 6) is -2.62. The van der Waals surface area contributed by atoms with Crippen LogP contribution < -0.4 is 0 Å². The molecular weight excluding hydrogens is 216 g/mol. The molecule has 6 nitrogen and oxygen atoms in total. The van der Waals surface area contributed by atoms with Crippen molar-refractivity contribution in [2.45, 2.75) is 26.9 Å². The van der Waals surface area contributed by atoms with Crippen molar-refractivity contribution in [3.8, 4) is 0 Å². The molecule has 0 amide bonds. The number of esters is 3. The summed E-state index contributed by atoms with van der Waals surface area (Å²) in [5, 5.41) is 0. The summed E-state index contributed by atoms with van der Waals surface area (Å²) in [4.78, 5) is 33.8. The van der Waals surface area contributed by atoms with Crippen LogP contribution in [0.2, 0.25) is 0 Å². The van der Waals surface area contributed by atoms with Crippen LogP contribution in [0.5, 0.6) is 0 Å². The standard InChI is InChI=1S/C10H16O6/c1-10(2,3)9(13)16-6(7(11)14-4)8(12)15-5/h6H,1-5H3. The number of carbonyl (C=O) groups is 3. The number of rotatable bonds is 3. The van der Waals surface area contributed by atoms with Crippen LogP contribution in [0.3, 0.4) is 0 Å². The molecule has 0 aromatic rings. The van der Waals surface area contributed by atoms with E-state index in [1.165, 1.54) is 0 Å². The quantitative estimate of drug-likeness (QED) is 0.395. The average molecular weight is 232 g/mol. The van der Waals surface area contributed by atoms with Gasteiger partial charge in [0.05, 0.1) is 19.6 Å². The minimum Gasteiger partial charge on any atom is -0.466 e. The van der Waals surface area contributed by atoms with E-state index in [1.807, 2.05) is 0 Å². The zero-order valence-electron chi connectivity index (χ0n) is 10.0. The Kier molecular flexibility index (Phi) is 4.94. The topological polar surface area (TPSA) is 78.9 Å². The third-order valence-electron chi connectivity index (χ3n) is 1.67. The number of hydrogen-bond donors (Lipinski definition) is 0. The highest BCUT2D eigenvalue weighted by molar-refractivity contribution is 6.00. The van der Waals surface area contributed by atoms with Gasteiger partial charge in [-0.1, -0.05) is 0 Å². The van der Waals surface area contributed by atoms with E-state index in [4.69, 9.17) is 4.74 Å². The van der Waals surface area contributed by atoms with Gasteiger partial charge in [-0.05, 0) is 20.8 Å². The van der Waals surface area contributed by atoms with Gasteiger partial charge in [0.15, 0.2) is 0 Å². The summed E-state index contributed by atoms with van der Waals surface area (Å²) in [6, 6.07) is 0. The van der Waals surface area contributed by atoms with Gasteiger partial charge < -0.3 is 14.2 Å². The fraction of sp³-hybridized carbons (Fsp3) is 0.700. The van der Waals surface area contributed by atoms with E-state index >= 15 is 0 Å². The monoisotopic (exact) mass is 232 g/mol. The fourth-order valence-electron chi connectivity index (χ4n) is 0.690. The molecule has 0 atom stereocenters. The molecule has 0 fully saturated rings. The second-order valence-corrected chi connectivity index (χ2v) is 4.08. The molecule has 0 heterocycles. The summed E-state index contributed by atoms with van der Waals surface area (Å²) in [6.45, 7) is 4.79. The molecule has 92 valence electrons. The molecular formula is C10H16O6. The lowest BCUT2D eigenvalue weighted by molar-refractivity contribution is -0.181. The Balaban J connectivity index is 4.76. The summed E-state index contributed by atoms with van der Waals surface area (Å²) in [6.07, 6.45) is -1.67. The minimum atomic E-state index is -1.67. The number of methoxy groups -OCH3 is 2. The molecule has 0 radical (unpaired) electrons. The summed E-state index contributed by atoms with van der Waals surface area (Å²) >= 11 is 0. The molecule has 0 unspecified atom stereocenters. The molecule has 6 heteroatoms. The van der Waals surface area contributed by atoms with E-state index in [1.54, 1.807) is 20.8 Å². The third-order valence-corrected chi connectivity index (χ3v) is 1.67. The van der Waals surface area contributed by atoms with Gasteiger partial charge in [0.25, 0.3) is 6.10 Å². The van der Waals surface area contributed by atoms with Crippen LogP contribution in [-0.4, -0.2) is 38.2 Å². The predicted octanol–water partition coefficient (Wildman–Crippen LogP) is 0.290. The van der Waals surface area contributed by atoms with Crippen LogP contribution in [-0.2, 0) is 28.6 Å². The summed E-state index contributed by atoms with van der Waals surface area (Å²) < 4.78 is 13.4. The van der Waals surface area contributed by atoms with Crippen LogP contribution in [0.15, 0.2) is 0 Å². The van der Waals surface area contributed by atoms with E-state index in [-0.39, 0.29) is 0 Å². The molecule has 0 aromatic carbocycles. The number of hydrogen-bond acceptors (Lipinski definition) is 6. The Morgan fingerprint density at radius 2 is 1.31 bits per heavy atom. The smallest absolute Gasteiger partial charge is 0.359 e.